The number of nitrogens with one attached hydrogen (secondary N) is 2. The van der Waals surface area contributed by atoms with Crippen LogP contribution in [0, 0.1) is 0 Å². The van der Waals surface area contributed by atoms with Crippen LogP contribution in [0.5, 0.6) is 0 Å². The fraction of sp³-hybridized carbons (Fsp3) is 0.364. The molecule has 0 fully saturated rings. The zero-order valence-corrected chi connectivity index (χ0v) is 19.4. The lowest BCUT2D eigenvalue weighted by molar-refractivity contribution is 0.0624. The number of hydrogen-bond acceptors (Lipinski definition) is 9. The van der Waals surface area contributed by atoms with Crippen molar-refractivity contribution in [3.05, 3.63) is 48.0 Å². The smallest absolute Gasteiger partial charge is 0.412 e. The van der Waals surface area contributed by atoms with Crippen LogP contribution in [0.15, 0.2) is 41.8 Å². The topological polar surface area (TPSA) is 152 Å². The number of aldehydes is 1. The molecule has 2 aromatic heterocycles. The fourth-order valence-corrected chi connectivity index (χ4v) is 2.13. The number of aromatic nitrogens is 2. The van der Waals surface area contributed by atoms with Crippen molar-refractivity contribution in [1.29, 1.82) is 0 Å². The molecular weight excluding hydrogens is 430 g/mol. The molecule has 0 aromatic carbocycles. The normalized spacial score (nSPS) is 11.1. The summed E-state index contributed by atoms with van der Waals surface area (Å²) in [7, 11) is 0. The average Bonchev–Trinajstić information content (AvgIpc) is 2.67. The summed E-state index contributed by atoms with van der Waals surface area (Å²) >= 11 is 0. The minimum atomic E-state index is -0.608. The van der Waals surface area contributed by atoms with E-state index in [1.165, 1.54) is 12.4 Å². The first kappa shape index (κ1) is 27.0. The molecule has 0 unspecified atom stereocenters. The Morgan fingerprint density at radius 2 is 1.30 bits per heavy atom. The van der Waals surface area contributed by atoms with Gasteiger partial charge in [-0.15, -0.1) is 0 Å². The number of ether oxygens (including phenoxy) is 2. The Hall–Kier alpha value is -4.02. The molecule has 11 heteroatoms. The van der Waals surface area contributed by atoms with Gasteiger partial charge in [-0.2, -0.15) is 0 Å². The predicted octanol–water partition coefficient (Wildman–Crippen LogP) is 4.48. The van der Waals surface area contributed by atoms with Crippen molar-refractivity contribution >= 4 is 36.1 Å². The summed E-state index contributed by atoms with van der Waals surface area (Å²) in [6.45, 7) is 10.6. The highest BCUT2D eigenvalue weighted by molar-refractivity contribution is 5.93. The van der Waals surface area contributed by atoms with E-state index in [0.29, 0.717) is 23.4 Å². The van der Waals surface area contributed by atoms with Crippen LogP contribution in [0.3, 0.4) is 0 Å². The highest BCUT2D eigenvalue weighted by atomic mass is 16.6. The minimum absolute atomic E-state index is 0.174. The van der Waals surface area contributed by atoms with Crippen molar-refractivity contribution in [2.45, 2.75) is 52.7 Å². The Labute approximate surface area is 192 Å². The number of carbonyl (C=O) groups is 3. The molecule has 3 N–H and O–H groups in total. The maximum atomic E-state index is 11.5. The van der Waals surface area contributed by atoms with E-state index in [1.54, 1.807) is 65.8 Å². The highest BCUT2D eigenvalue weighted by Crippen LogP contribution is 2.14. The lowest BCUT2D eigenvalue weighted by Crippen LogP contribution is -2.27. The van der Waals surface area contributed by atoms with Crippen molar-refractivity contribution in [2.24, 2.45) is 5.16 Å². The maximum absolute atomic E-state index is 11.5. The van der Waals surface area contributed by atoms with Gasteiger partial charge in [0.25, 0.3) is 0 Å². The van der Waals surface area contributed by atoms with Crippen LogP contribution in [0.4, 0.5) is 21.0 Å². The first-order chi connectivity index (χ1) is 15.3. The molecule has 33 heavy (non-hydrogen) atoms. The van der Waals surface area contributed by atoms with Crippen LogP contribution in [0.2, 0.25) is 0 Å². The van der Waals surface area contributed by atoms with Crippen LogP contribution < -0.4 is 10.6 Å². The predicted molar refractivity (Wildman–Crippen MR) is 123 cm³/mol. The van der Waals surface area contributed by atoms with Crippen molar-refractivity contribution in [1.82, 2.24) is 9.97 Å². The molecule has 0 aliphatic heterocycles. The first-order valence-electron chi connectivity index (χ1n) is 9.87. The first-order valence-corrected chi connectivity index (χ1v) is 9.87. The molecule has 178 valence electrons. The third-order valence-corrected chi connectivity index (χ3v) is 3.24. The minimum Gasteiger partial charge on any atom is -0.444 e. The van der Waals surface area contributed by atoms with Gasteiger partial charge in [0, 0.05) is 12.4 Å². The molecule has 2 aromatic rings. The van der Waals surface area contributed by atoms with Gasteiger partial charge in [0.15, 0.2) is 6.29 Å². The Bertz CT molecular complexity index is 980. The molecule has 0 spiro atoms. The molecule has 2 heterocycles. The molecule has 2 amide bonds. The number of amides is 2. The second-order valence-electron chi connectivity index (χ2n) is 8.49. The van der Waals surface area contributed by atoms with E-state index in [-0.39, 0.29) is 5.69 Å². The van der Waals surface area contributed by atoms with Gasteiger partial charge in [-0.05, 0) is 65.8 Å². The van der Waals surface area contributed by atoms with E-state index < -0.39 is 23.4 Å². The van der Waals surface area contributed by atoms with Gasteiger partial charge in [0.1, 0.15) is 22.6 Å². The van der Waals surface area contributed by atoms with Crippen molar-refractivity contribution in [3.8, 4) is 0 Å². The van der Waals surface area contributed by atoms with Gasteiger partial charge >= 0.3 is 12.2 Å². The van der Waals surface area contributed by atoms with Gasteiger partial charge in [-0.1, -0.05) is 5.16 Å². The molecule has 0 bridgehead atoms. The highest BCUT2D eigenvalue weighted by Gasteiger charge is 2.18. The van der Waals surface area contributed by atoms with Gasteiger partial charge in [-0.3, -0.25) is 25.4 Å². The number of pyridine rings is 2. The number of nitrogens with zero attached hydrogens (tertiary/aromatic N) is 3. The summed E-state index contributed by atoms with van der Waals surface area (Å²) in [5.74, 6) is 0. The molecule has 0 aliphatic carbocycles. The molecular formula is C22H29N5O6. The molecule has 0 atom stereocenters. The molecule has 0 aliphatic rings. The SMILES string of the molecule is CC(C)(C)OC(=O)Nc1cccnc1/C=N/O.CC(C)(C)OC(=O)Nc1cccnc1C=O. The number of carbonyl (C=O) groups excluding carboxylic acids is 3. The third kappa shape index (κ3) is 11.2. The zero-order chi connectivity index (χ0) is 25.1. The fourth-order valence-electron chi connectivity index (χ4n) is 2.13. The average molecular weight is 460 g/mol. The molecule has 0 radical (unpaired) electrons. The van der Waals surface area contributed by atoms with Gasteiger partial charge < -0.3 is 14.7 Å². The van der Waals surface area contributed by atoms with Crippen LogP contribution in [0.1, 0.15) is 57.7 Å². The molecule has 2 rings (SSSR count). The largest absolute Gasteiger partial charge is 0.444 e. The van der Waals surface area contributed by atoms with E-state index in [0.717, 1.165) is 6.21 Å². The maximum Gasteiger partial charge on any atom is 0.412 e. The van der Waals surface area contributed by atoms with Crippen molar-refractivity contribution < 1.29 is 29.1 Å². The van der Waals surface area contributed by atoms with Crippen LogP contribution in [0.25, 0.3) is 0 Å². The monoisotopic (exact) mass is 459 g/mol. The van der Waals surface area contributed by atoms with E-state index in [2.05, 4.69) is 25.8 Å². The standard InChI is InChI=1S/C11H15N3O3.C11H14N2O3/c1-11(2,3)17-10(15)14-8-5-4-6-12-9(8)7-13-16;1-11(2,3)16-10(15)13-8-5-4-6-12-9(8)7-14/h4-7,16H,1-3H3,(H,14,15);4-7H,1-3H3,(H,13,15)/b13-7+;. The van der Waals surface area contributed by atoms with Gasteiger partial charge in [0.05, 0.1) is 17.6 Å². The van der Waals surface area contributed by atoms with E-state index in [4.69, 9.17) is 14.7 Å². The number of rotatable bonds is 4. The lowest BCUT2D eigenvalue weighted by atomic mass is 10.2. The number of anilines is 2. The van der Waals surface area contributed by atoms with Gasteiger partial charge in [-0.25, -0.2) is 9.59 Å². The van der Waals surface area contributed by atoms with E-state index in [9.17, 15) is 14.4 Å². The zero-order valence-electron chi connectivity index (χ0n) is 19.4. The van der Waals surface area contributed by atoms with Crippen LogP contribution >= 0.6 is 0 Å². The second kappa shape index (κ2) is 12.1. The second-order valence-corrected chi connectivity index (χ2v) is 8.49. The van der Waals surface area contributed by atoms with E-state index >= 15 is 0 Å². The molecule has 11 nitrogen and oxygen atoms in total. The number of hydrogen-bond donors (Lipinski definition) is 3. The van der Waals surface area contributed by atoms with Gasteiger partial charge in [0.2, 0.25) is 0 Å². The summed E-state index contributed by atoms with van der Waals surface area (Å²) in [6, 6.07) is 6.50. The Balaban J connectivity index is 0.000000331. The summed E-state index contributed by atoms with van der Waals surface area (Å²) in [6.07, 6.45) is 3.52. The summed E-state index contributed by atoms with van der Waals surface area (Å²) in [5.41, 5.74) is 0.131. The van der Waals surface area contributed by atoms with Crippen LogP contribution in [-0.4, -0.2) is 51.1 Å². The lowest BCUT2D eigenvalue weighted by Gasteiger charge is -2.19. The molecule has 0 saturated heterocycles. The summed E-state index contributed by atoms with van der Waals surface area (Å²) in [4.78, 5) is 41.3. The third-order valence-electron chi connectivity index (χ3n) is 3.24. The van der Waals surface area contributed by atoms with Crippen molar-refractivity contribution in [3.63, 3.8) is 0 Å². The summed E-state index contributed by atoms with van der Waals surface area (Å²) in [5, 5.41) is 16.3. The summed E-state index contributed by atoms with van der Waals surface area (Å²) < 4.78 is 10.1. The Morgan fingerprint density at radius 3 is 1.70 bits per heavy atom. The Morgan fingerprint density at radius 1 is 0.879 bits per heavy atom. The van der Waals surface area contributed by atoms with Crippen molar-refractivity contribution in [2.75, 3.05) is 10.6 Å². The van der Waals surface area contributed by atoms with Crippen LogP contribution in [-0.2, 0) is 9.47 Å². The Kier molecular flexibility index (Phi) is 9.93. The quantitative estimate of drug-likeness (QED) is 0.262. The number of oxime groups is 1. The van der Waals surface area contributed by atoms with E-state index in [1.807, 2.05) is 0 Å². The molecule has 0 saturated carbocycles.